The molecule has 3 heterocycles. The first kappa shape index (κ1) is 11.6. The molecular formula is C12H19N5O. The first-order chi connectivity index (χ1) is 8.72. The van der Waals surface area contributed by atoms with Gasteiger partial charge in [0.05, 0.1) is 5.92 Å². The standard InChI is InChI=1S/C12H19N5O/c1-17-7-14-11(16-17)4-5-13-12(18)9-6-8-2-3-10(9)15-8/h7-10,15H,2-6H2,1H3,(H,13,18). The molecule has 0 aliphatic carbocycles. The van der Waals surface area contributed by atoms with E-state index in [4.69, 9.17) is 0 Å². The number of amides is 1. The van der Waals surface area contributed by atoms with Crippen LogP contribution < -0.4 is 10.6 Å². The number of hydrogen-bond acceptors (Lipinski definition) is 4. The van der Waals surface area contributed by atoms with Gasteiger partial charge in [-0.15, -0.1) is 0 Å². The Morgan fingerprint density at radius 2 is 2.50 bits per heavy atom. The SMILES string of the molecule is Cn1cnc(CCNC(=O)C2CC3CCC2N3)n1. The van der Waals surface area contributed by atoms with Gasteiger partial charge in [0.15, 0.2) is 5.82 Å². The molecule has 2 N–H and O–H groups in total. The molecule has 1 aromatic rings. The quantitative estimate of drug-likeness (QED) is 0.762. The summed E-state index contributed by atoms with van der Waals surface area (Å²) < 4.78 is 1.68. The molecule has 3 atom stereocenters. The lowest BCUT2D eigenvalue weighted by molar-refractivity contribution is -0.125. The lowest BCUT2D eigenvalue weighted by atomic mass is 9.88. The number of aryl methyl sites for hydroxylation is 1. The first-order valence-electron chi connectivity index (χ1n) is 6.60. The average molecular weight is 249 g/mol. The van der Waals surface area contributed by atoms with E-state index in [1.165, 1.54) is 6.42 Å². The Hall–Kier alpha value is -1.43. The fourth-order valence-electron chi connectivity index (χ4n) is 3.04. The summed E-state index contributed by atoms with van der Waals surface area (Å²) in [6.45, 7) is 0.622. The first-order valence-corrected chi connectivity index (χ1v) is 6.60. The van der Waals surface area contributed by atoms with E-state index >= 15 is 0 Å². The topological polar surface area (TPSA) is 71.8 Å². The Balaban J connectivity index is 1.44. The van der Waals surface area contributed by atoms with Crippen LogP contribution in [-0.4, -0.2) is 39.3 Å². The molecule has 0 saturated carbocycles. The minimum Gasteiger partial charge on any atom is -0.355 e. The second-order valence-corrected chi connectivity index (χ2v) is 5.27. The van der Waals surface area contributed by atoms with Crippen LogP contribution in [0.15, 0.2) is 6.33 Å². The molecule has 98 valence electrons. The number of nitrogens with zero attached hydrogens (tertiary/aromatic N) is 3. The summed E-state index contributed by atoms with van der Waals surface area (Å²) in [5, 5.41) is 10.7. The molecule has 0 aromatic carbocycles. The minimum absolute atomic E-state index is 0.167. The summed E-state index contributed by atoms with van der Waals surface area (Å²) in [7, 11) is 1.84. The lowest BCUT2D eigenvalue weighted by Gasteiger charge is -2.19. The molecule has 3 rings (SSSR count). The number of carbonyl (C=O) groups excluding carboxylic acids is 1. The number of nitrogens with one attached hydrogen (secondary N) is 2. The van der Waals surface area contributed by atoms with Gasteiger partial charge < -0.3 is 10.6 Å². The Bertz CT molecular complexity index is 443. The molecule has 6 heteroatoms. The summed E-state index contributed by atoms with van der Waals surface area (Å²) >= 11 is 0. The van der Waals surface area contributed by atoms with E-state index in [9.17, 15) is 4.79 Å². The molecule has 0 radical (unpaired) electrons. The Morgan fingerprint density at radius 3 is 3.11 bits per heavy atom. The van der Waals surface area contributed by atoms with Gasteiger partial charge in [-0.25, -0.2) is 4.98 Å². The van der Waals surface area contributed by atoms with Crippen LogP contribution in [-0.2, 0) is 18.3 Å². The molecule has 6 nitrogen and oxygen atoms in total. The van der Waals surface area contributed by atoms with Crippen molar-refractivity contribution in [3.63, 3.8) is 0 Å². The van der Waals surface area contributed by atoms with Crippen LogP contribution in [0.5, 0.6) is 0 Å². The van der Waals surface area contributed by atoms with E-state index in [1.807, 2.05) is 7.05 Å². The molecule has 2 saturated heterocycles. The highest BCUT2D eigenvalue weighted by atomic mass is 16.1. The summed E-state index contributed by atoms with van der Waals surface area (Å²) in [6.07, 6.45) is 5.74. The Labute approximate surface area is 106 Å². The van der Waals surface area contributed by atoms with Crippen molar-refractivity contribution < 1.29 is 4.79 Å². The van der Waals surface area contributed by atoms with Crippen LogP contribution in [0.1, 0.15) is 25.1 Å². The highest BCUT2D eigenvalue weighted by Gasteiger charge is 2.42. The van der Waals surface area contributed by atoms with E-state index in [0.717, 1.165) is 18.7 Å². The normalized spacial score (nSPS) is 29.7. The number of rotatable bonds is 4. The molecule has 2 bridgehead atoms. The fourth-order valence-corrected chi connectivity index (χ4v) is 3.04. The zero-order chi connectivity index (χ0) is 12.5. The molecule has 0 spiro atoms. The van der Waals surface area contributed by atoms with Crippen molar-refractivity contribution in [3.8, 4) is 0 Å². The number of hydrogen-bond donors (Lipinski definition) is 2. The van der Waals surface area contributed by atoms with E-state index < -0.39 is 0 Å². The number of carbonyl (C=O) groups is 1. The van der Waals surface area contributed by atoms with Gasteiger partial charge in [0.25, 0.3) is 0 Å². The minimum atomic E-state index is 0.167. The Kier molecular flexibility index (Phi) is 3.03. The average Bonchev–Trinajstić information content (AvgIpc) is 3.05. The lowest BCUT2D eigenvalue weighted by Crippen LogP contribution is -2.38. The van der Waals surface area contributed by atoms with Crippen molar-refractivity contribution in [1.29, 1.82) is 0 Å². The van der Waals surface area contributed by atoms with Crippen molar-refractivity contribution in [2.24, 2.45) is 13.0 Å². The van der Waals surface area contributed by atoms with Gasteiger partial charge in [0.1, 0.15) is 6.33 Å². The van der Waals surface area contributed by atoms with Crippen molar-refractivity contribution in [2.75, 3.05) is 6.54 Å². The van der Waals surface area contributed by atoms with E-state index in [0.29, 0.717) is 25.0 Å². The highest BCUT2D eigenvalue weighted by molar-refractivity contribution is 5.80. The Morgan fingerprint density at radius 1 is 1.61 bits per heavy atom. The van der Waals surface area contributed by atoms with Crippen LogP contribution >= 0.6 is 0 Å². The maximum Gasteiger partial charge on any atom is 0.224 e. The number of fused-ring (bicyclic) bond motifs is 2. The van der Waals surface area contributed by atoms with Crippen LogP contribution in [0.2, 0.25) is 0 Å². The monoisotopic (exact) mass is 249 g/mol. The molecule has 1 amide bonds. The second-order valence-electron chi connectivity index (χ2n) is 5.27. The second kappa shape index (κ2) is 4.68. The summed E-state index contributed by atoms with van der Waals surface area (Å²) in [4.78, 5) is 16.2. The van der Waals surface area contributed by atoms with Gasteiger partial charge in [-0.05, 0) is 19.3 Å². The van der Waals surface area contributed by atoms with Crippen LogP contribution in [0.25, 0.3) is 0 Å². The predicted octanol–water partition coefficient (Wildman–Crippen LogP) is -0.386. The van der Waals surface area contributed by atoms with Crippen LogP contribution in [0.4, 0.5) is 0 Å². The van der Waals surface area contributed by atoms with Crippen molar-refractivity contribution >= 4 is 5.91 Å². The molecule has 3 unspecified atom stereocenters. The highest BCUT2D eigenvalue weighted by Crippen LogP contribution is 2.33. The smallest absolute Gasteiger partial charge is 0.224 e. The van der Waals surface area contributed by atoms with Crippen molar-refractivity contribution in [2.45, 2.75) is 37.8 Å². The zero-order valence-corrected chi connectivity index (χ0v) is 10.6. The summed E-state index contributed by atoms with van der Waals surface area (Å²) in [5.41, 5.74) is 0. The fraction of sp³-hybridized carbons (Fsp3) is 0.750. The van der Waals surface area contributed by atoms with Crippen LogP contribution in [0, 0.1) is 5.92 Å². The zero-order valence-electron chi connectivity index (χ0n) is 10.6. The van der Waals surface area contributed by atoms with Gasteiger partial charge >= 0.3 is 0 Å². The van der Waals surface area contributed by atoms with Gasteiger partial charge in [0.2, 0.25) is 5.91 Å². The van der Waals surface area contributed by atoms with Crippen molar-refractivity contribution in [1.82, 2.24) is 25.4 Å². The van der Waals surface area contributed by atoms with E-state index in [2.05, 4.69) is 20.7 Å². The van der Waals surface area contributed by atoms with E-state index in [-0.39, 0.29) is 11.8 Å². The molecule has 2 aliphatic rings. The van der Waals surface area contributed by atoms with E-state index in [1.54, 1.807) is 11.0 Å². The molecule has 18 heavy (non-hydrogen) atoms. The molecular weight excluding hydrogens is 230 g/mol. The summed E-state index contributed by atoms with van der Waals surface area (Å²) in [6, 6.07) is 0.978. The number of aromatic nitrogens is 3. The van der Waals surface area contributed by atoms with Crippen LogP contribution in [0.3, 0.4) is 0 Å². The third kappa shape index (κ3) is 2.25. The maximum absolute atomic E-state index is 12.0. The maximum atomic E-state index is 12.0. The molecule has 1 aromatic heterocycles. The van der Waals surface area contributed by atoms with Gasteiger partial charge in [-0.1, -0.05) is 0 Å². The largest absolute Gasteiger partial charge is 0.355 e. The van der Waals surface area contributed by atoms with Gasteiger partial charge in [0, 0.05) is 32.1 Å². The van der Waals surface area contributed by atoms with Gasteiger partial charge in [-0.2, -0.15) is 5.10 Å². The third-order valence-corrected chi connectivity index (χ3v) is 3.93. The third-order valence-electron chi connectivity index (χ3n) is 3.93. The molecule has 2 aliphatic heterocycles. The molecule has 2 fully saturated rings. The van der Waals surface area contributed by atoms with Crippen molar-refractivity contribution in [3.05, 3.63) is 12.2 Å². The van der Waals surface area contributed by atoms with Gasteiger partial charge in [-0.3, -0.25) is 9.48 Å². The summed E-state index contributed by atoms with van der Waals surface area (Å²) in [5.74, 6) is 1.13. The predicted molar refractivity (Wildman–Crippen MR) is 65.8 cm³/mol.